The standard InChI is InChI=1S/C25H26ClFN4O5/c1-2-28-14-9-12-17-19-23(12)36-8-4-7-30(19)25(35)20-22(33)21(32)15(18(14)31(17)20)24(34)29-10-11-5-3-6-13(26)16(11)27/h3,5-6,12,14,17,19,23,28,33H,2,4,7-10H2,1H3,(H,29,34)/t12?,14?,17?,19?,23-/m1/s1. The number of carbonyl (C=O) groups is 2. The molecule has 3 aliphatic heterocycles. The van der Waals surface area contributed by atoms with Gasteiger partial charge in [0.15, 0.2) is 11.4 Å². The van der Waals surface area contributed by atoms with E-state index < -0.39 is 34.9 Å². The van der Waals surface area contributed by atoms with Gasteiger partial charge in [-0.1, -0.05) is 30.7 Å². The van der Waals surface area contributed by atoms with Crippen LogP contribution in [0, 0.1) is 11.7 Å². The molecule has 4 heterocycles. The van der Waals surface area contributed by atoms with E-state index in [2.05, 4.69) is 10.6 Å². The number of benzene rings is 1. The summed E-state index contributed by atoms with van der Waals surface area (Å²) in [5.74, 6) is -2.49. The van der Waals surface area contributed by atoms with E-state index in [4.69, 9.17) is 16.3 Å². The summed E-state index contributed by atoms with van der Waals surface area (Å²) in [6.07, 6.45) is 1.16. The number of amides is 2. The molecule has 0 radical (unpaired) electrons. The number of hydrogen-bond acceptors (Lipinski definition) is 6. The normalized spacial score (nSPS) is 27.7. The van der Waals surface area contributed by atoms with Gasteiger partial charge in [-0.3, -0.25) is 14.4 Å². The first-order valence-electron chi connectivity index (χ1n) is 12.2. The zero-order valence-corrected chi connectivity index (χ0v) is 20.3. The summed E-state index contributed by atoms with van der Waals surface area (Å²) in [4.78, 5) is 42.1. The van der Waals surface area contributed by atoms with Crippen LogP contribution >= 0.6 is 11.6 Å². The Labute approximate surface area is 211 Å². The number of carbonyl (C=O) groups excluding carboxylic acids is 2. The van der Waals surface area contributed by atoms with Crippen LogP contribution in [0.5, 0.6) is 5.75 Å². The molecule has 2 fully saturated rings. The van der Waals surface area contributed by atoms with Crippen molar-refractivity contribution in [1.82, 2.24) is 20.1 Å². The predicted octanol–water partition coefficient (Wildman–Crippen LogP) is 2.11. The summed E-state index contributed by atoms with van der Waals surface area (Å²) in [7, 11) is 0. The lowest BCUT2D eigenvalue weighted by molar-refractivity contribution is -0.143. The first-order chi connectivity index (χ1) is 17.3. The van der Waals surface area contributed by atoms with E-state index in [1.165, 1.54) is 12.1 Å². The zero-order valence-electron chi connectivity index (χ0n) is 19.6. The summed E-state index contributed by atoms with van der Waals surface area (Å²) in [6, 6.07) is 3.64. The SMILES string of the molecule is CCNC1CC2C3C4[C@@H]2OCCCN4C(=O)c2c(O)c(=O)c(C(=O)NCc4cccc(Cl)c4F)c1n23. The van der Waals surface area contributed by atoms with Crippen LogP contribution in [0.15, 0.2) is 23.0 Å². The van der Waals surface area contributed by atoms with Crippen molar-refractivity contribution in [3.8, 4) is 5.75 Å². The van der Waals surface area contributed by atoms with Crippen LogP contribution in [0.2, 0.25) is 5.02 Å². The highest BCUT2D eigenvalue weighted by atomic mass is 35.5. The quantitative estimate of drug-likeness (QED) is 0.561. The minimum atomic E-state index is -0.907. The van der Waals surface area contributed by atoms with Crippen LogP contribution in [0.25, 0.3) is 0 Å². The van der Waals surface area contributed by atoms with Crippen molar-refractivity contribution < 1.29 is 23.8 Å². The molecule has 0 bridgehead atoms. The molecule has 3 N–H and O–H groups in total. The van der Waals surface area contributed by atoms with Crippen LogP contribution in [0.3, 0.4) is 0 Å². The number of halogens is 2. The molecule has 0 spiro atoms. The molecule has 2 aromatic rings. The maximum Gasteiger partial charge on any atom is 0.274 e. The van der Waals surface area contributed by atoms with E-state index >= 15 is 0 Å². The third-order valence-corrected chi connectivity index (χ3v) is 8.22. The molecule has 1 aliphatic carbocycles. The lowest BCUT2D eigenvalue weighted by Gasteiger charge is -2.61. The van der Waals surface area contributed by atoms with Crippen LogP contribution in [-0.4, -0.2) is 58.2 Å². The van der Waals surface area contributed by atoms with Crippen LogP contribution < -0.4 is 16.1 Å². The Kier molecular flexibility index (Phi) is 5.58. The van der Waals surface area contributed by atoms with E-state index in [1.54, 1.807) is 15.5 Å². The molecule has 1 saturated heterocycles. The van der Waals surface area contributed by atoms with Crippen molar-refractivity contribution >= 4 is 23.4 Å². The Morgan fingerprint density at radius 2 is 2.11 bits per heavy atom. The number of fused-ring (bicyclic) bond motifs is 1. The van der Waals surface area contributed by atoms with E-state index in [0.29, 0.717) is 38.2 Å². The van der Waals surface area contributed by atoms with E-state index in [0.717, 1.165) is 0 Å². The van der Waals surface area contributed by atoms with Gasteiger partial charge in [0.1, 0.15) is 11.4 Å². The fourth-order valence-corrected chi connectivity index (χ4v) is 6.65. The number of pyridine rings is 1. The second kappa shape index (κ2) is 8.57. The zero-order chi connectivity index (χ0) is 25.3. The highest BCUT2D eigenvalue weighted by molar-refractivity contribution is 6.30. The van der Waals surface area contributed by atoms with Gasteiger partial charge in [0.2, 0.25) is 5.43 Å². The summed E-state index contributed by atoms with van der Waals surface area (Å²) in [6.45, 7) is 3.31. The van der Waals surface area contributed by atoms with Gasteiger partial charge in [-0.2, -0.15) is 0 Å². The molecule has 6 rings (SSSR count). The van der Waals surface area contributed by atoms with E-state index in [9.17, 15) is 23.9 Å². The summed E-state index contributed by atoms with van der Waals surface area (Å²) < 4.78 is 22.2. The molecule has 4 aliphatic rings. The van der Waals surface area contributed by atoms with Crippen LogP contribution in [0.1, 0.15) is 64.0 Å². The molecular weight excluding hydrogens is 491 g/mol. The first kappa shape index (κ1) is 23.4. The average molecular weight is 517 g/mol. The second-order valence-corrected chi connectivity index (χ2v) is 10.1. The second-order valence-electron chi connectivity index (χ2n) is 9.73. The van der Waals surface area contributed by atoms with Gasteiger partial charge < -0.3 is 29.9 Å². The molecule has 2 amide bonds. The average Bonchev–Trinajstić information content (AvgIpc) is 3.05. The number of aromatic hydroxyl groups is 1. The maximum atomic E-state index is 14.4. The summed E-state index contributed by atoms with van der Waals surface area (Å²) in [5, 5.41) is 16.8. The van der Waals surface area contributed by atoms with Gasteiger partial charge >= 0.3 is 0 Å². The lowest BCUT2D eigenvalue weighted by atomic mass is 9.63. The molecule has 9 nitrogen and oxygen atoms in total. The molecule has 1 aromatic heterocycles. The van der Waals surface area contributed by atoms with Crippen molar-refractivity contribution in [1.29, 1.82) is 0 Å². The van der Waals surface area contributed by atoms with Gasteiger partial charge in [-0.25, -0.2) is 4.39 Å². The Hall–Kier alpha value is -2.95. The van der Waals surface area contributed by atoms with Gasteiger partial charge in [-0.15, -0.1) is 0 Å². The highest BCUT2D eigenvalue weighted by Crippen LogP contribution is 2.56. The van der Waals surface area contributed by atoms with Crippen molar-refractivity contribution in [3.63, 3.8) is 0 Å². The first-order valence-corrected chi connectivity index (χ1v) is 12.6. The molecule has 11 heteroatoms. The number of hydrogen-bond donors (Lipinski definition) is 3. The largest absolute Gasteiger partial charge is 0.503 e. The Morgan fingerprint density at radius 3 is 2.89 bits per heavy atom. The number of ether oxygens (including phenoxy) is 1. The number of nitrogens with zero attached hydrogens (tertiary/aromatic N) is 2. The summed E-state index contributed by atoms with van der Waals surface area (Å²) >= 11 is 5.85. The van der Waals surface area contributed by atoms with Gasteiger partial charge in [0.05, 0.1) is 28.9 Å². The smallest absolute Gasteiger partial charge is 0.274 e. The van der Waals surface area contributed by atoms with Crippen LogP contribution in [0.4, 0.5) is 4.39 Å². The third-order valence-electron chi connectivity index (χ3n) is 7.93. The number of nitrogens with one attached hydrogen (secondary N) is 2. The molecule has 36 heavy (non-hydrogen) atoms. The molecule has 1 saturated carbocycles. The molecule has 190 valence electrons. The predicted molar refractivity (Wildman–Crippen MR) is 128 cm³/mol. The maximum absolute atomic E-state index is 14.4. The molecule has 4 unspecified atom stereocenters. The molecule has 1 aromatic carbocycles. The summed E-state index contributed by atoms with van der Waals surface area (Å²) in [5.41, 5.74) is -0.659. The minimum Gasteiger partial charge on any atom is -0.503 e. The van der Waals surface area contributed by atoms with Crippen molar-refractivity contribution in [2.24, 2.45) is 5.92 Å². The minimum absolute atomic E-state index is 0.0670. The van der Waals surface area contributed by atoms with Gasteiger partial charge in [-0.05, 0) is 25.5 Å². The number of rotatable bonds is 5. The lowest BCUT2D eigenvalue weighted by Crippen LogP contribution is -2.70. The van der Waals surface area contributed by atoms with Gasteiger partial charge in [0, 0.05) is 37.2 Å². The van der Waals surface area contributed by atoms with Crippen molar-refractivity contribution in [2.45, 2.75) is 50.5 Å². The number of aromatic nitrogens is 1. The van der Waals surface area contributed by atoms with Crippen molar-refractivity contribution in [3.05, 3.63) is 61.8 Å². The monoisotopic (exact) mass is 516 g/mol. The Morgan fingerprint density at radius 1 is 1.31 bits per heavy atom. The van der Waals surface area contributed by atoms with Crippen LogP contribution in [-0.2, 0) is 11.3 Å². The Bertz CT molecular complexity index is 1350. The van der Waals surface area contributed by atoms with E-state index in [1.807, 2.05) is 6.92 Å². The Balaban J connectivity index is 1.48. The fraction of sp³-hybridized carbons (Fsp3) is 0.480. The van der Waals surface area contributed by atoms with E-state index in [-0.39, 0.29) is 52.5 Å². The van der Waals surface area contributed by atoms with Gasteiger partial charge in [0.25, 0.3) is 11.8 Å². The topological polar surface area (TPSA) is 113 Å². The fourth-order valence-electron chi connectivity index (χ4n) is 6.46. The van der Waals surface area contributed by atoms with Crippen molar-refractivity contribution in [2.75, 3.05) is 19.7 Å². The molecule has 5 atom stereocenters. The third kappa shape index (κ3) is 3.17. The molecular formula is C25H26ClFN4O5. The highest BCUT2D eigenvalue weighted by Gasteiger charge is 2.63.